The third-order valence-electron chi connectivity index (χ3n) is 2.58. The smallest absolute Gasteiger partial charge is 0.257 e. The Bertz CT molecular complexity index is 514. The highest BCUT2D eigenvalue weighted by atomic mass is 16.3. The van der Waals surface area contributed by atoms with Crippen molar-refractivity contribution in [3.8, 4) is 5.95 Å². The summed E-state index contributed by atoms with van der Waals surface area (Å²) in [7, 11) is 1.74. The van der Waals surface area contributed by atoms with Crippen LogP contribution in [0.25, 0.3) is 5.95 Å². The number of nitrogens with one attached hydrogen (secondary N) is 1. The molecule has 0 radical (unpaired) electrons. The Balaban J connectivity index is 2.41. The molecule has 0 saturated carbocycles. The van der Waals surface area contributed by atoms with E-state index in [9.17, 15) is 0 Å². The molecule has 0 atom stereocenters. The average molecular weight is 263 g/mol. The van der Waals surface area contributed by atoms with E-state index in [1.807, 2.05) is 11.8 Å². The molecular formula is C11H17N7O. The van der Waals surface area contributed by atoms with Gasteiger partial charge in [-0.3, -0.25) is 0 Å². The number of aromatic nitrogens is 5. The second-order valence-corrected chi connectivity index (χ2v) is 3.76. The number of anilines is 2. The van der Waals surface area contributed by atoms with E-state index in [1.54, 1.807) is 30.2 Å². The SMILES string of the molecule is CCN(CCO)c1nc(NC)nc(-n2cccn2)n1. The maximum atomic E-state index is 9.06. The lowest BCUT2D eigenvalue weighted by molar-refractivity contribution is 0.301. The van der Waals surface area contributed by atoms with Gasteiger partial charge in [-0.25, -0.2) is 4.68 Å². The zero-order valence-electron chi connectivity index (χ0n) is 11.0. The maximum absolute atomic E-state index is 9.06. The van der Waals surface area contributed by atoms with Gasteiger partial charge in [-0.1, -0.05) is 0 Å². The number of hydrogen-bond acceptors (Lipinski definition) is 7. The van der Waals surface area contributed by atoms with Crippen molar-refractivity contribution in [2.75, 3.05) is 37.0 Å². The molecular weight excluding hydrogens is 246 g/mol. The fourth-order valence-corrected chi connectivity index (χ4v) is 1.62. The minimum absolute atomic E-state index is 0.0471. The van der Waals surface area contributed by atoms with Crippen LogP contribution in [0.2, 0.25) is 0 Å². The Labute approximate surface area is 111 Å². The summed E-state index contributed by atoms with van der Waals surface area (Å²) in [6.45, 7) is 3.20. The Morgan fingerprint density at radius 1 is 1.37 bits per heavy atom. The molecule has 0 bridgehead atoms. The van der Waals surface area contributed by atoms with E-state index in [2.05, 4.69) is 25.4 Å². The predicted octanol–water partition coefficient (Wildman–Crippen LogP) is -0.0824. The normalized spacial score (nSPS) is 10.5. The molecule has 2 aromatic rings. The van der Waals surface area contributed by atoms with Crippen molar-refractivity contribution in [1.82, 2.24) is 24.7 Å². The van der Waals surface area contributed by atoms with Gasteiger partial charge in [0.15, 0.2) is 0 Å². The molecule has 2 N–H and O–H groups in total. The average Bonchev–Trinajstić information content (AvgIpc) is 2.98. The summed E-state index contributed by atoms with van der Waals surface area (Å²) in [4.78, 5) is 14.8. The molecule has 0 aliphatic rings. The first-order chi connectivity index (χ1) is 9.28. The first-order valence-corrected chi connectivity index (χ1v) is 6.08. The standard InChI is InChI=1S/C11H17N7O/c1-3-17(7-8-19)10-14-9(12-2)15-11(16-10)18-6-4-5-13-18/h4-6,19H,3,7-8H2,1-2H3,(H,12,14,15,16). The molecule has 0 amide bonds. The van der Waals surface area contributed by atoms with Crippen LogP contribution in [0, 0.1) is 0 Å². The molecule has 102 valence electrons. The summed E-state index contributed by atoms with van der Waals surface area (Å²) in [6.07, 6.45) is 3.43. The van der Waals surface area contributed by atoms with Crippen LogP contribution in [0.3, 0.4) is 0 Å². The molecule has 2 rings (SSSR count). The molecule has 2 aromatic heterocycles. The zero-order chi connectivity index (χ0) is 13.7. The summed E-state index contributed by atoms with van der Waals surface area (Å²) < 4.78 is 1.57. The number of rotatable bonds is 6. The van der Waals surface area contributed by atoms with Crippen molar-refractivity contribution < 1.29 is 5.11 Å². The van der Waals surface area contributed by atoms with Crippen molar-refractivity contribution in [3.05, 3.63) is 18.5 Å². The highest BCUT2D eigenvalue weighted by molar-refractivity contribution is 5.39. The van der Waals surface area contributed by atoms with E-state index >= 15 is 0 Å². The fourth-order valence-electron chi connectivity index (χ4n) is 1.62. The Morgan fingerprint density at radius 2 is 2.21 bits per heavy atom. The summed E-state index contributed by atoms with van der Waals surface area (Å²) in [6, 6.07) is 1.80. The first kappa shape index (κ1) is 13.2. The van der Waals surface area contributed by atoms with Crippen LogP contribution in [0.1, 0.15) is 6.92 Å². The molecule has 8 heteroatoms. The van der Waals surface area contributed by atoms with E-state index < -0.39 is 0 Å². The summed E-state index contributed by atoms with van der Waals surface area (Å²) in [5.41, 5.74) is 0. The zero-order valence-corrected chi connectivity index (χ0v) is 11.0. The van der Waals surface area contributed by atoms with Gasteiger partial charge in [0.25, 0.3) is 5.95 Å². The summed E-state index contributed by atoms with van der Waals surface area (Å²) in [5.74, 6) is 1.42. The highest BCUT2D eigenvalue weighted by Crippen LogP contribution is 2.12. The molecule has 0 aliphatic carbocycles. The largest absolute Gasteiger partial charge is 0.395 e. The third-order valence-corrected chi connectivity index (χ3v) is 2.58. The fraction of sp³-hybridized carbons (Fsp3) is 0.455. The number of nitrogens with zero attached hydrogens (tertiary/aromatic N) is 6. The minimum atomic E-state index is 0.0471. The van der Waals surface area contributed by atoms with E-state index in [0.717, 1.165) is 0 Å². The van der Waals surface area contributed by atoms with E-state index in [4.69, 9.17) is 5.11 Å². The van der Waals surface area contributed by atoms with Crippen molar-refractivity contribution >= 4 is 11.9 Å². The molecule has 19 heavy (non-hydrogen) atoms. The molecule has 0 aliphatic heterocycles. The van der Waals surface area contributed by atoms with Crippen molar-refractivity contribution in [2.45, 2.75) is 6.92 Å². The maximum Gasteiger partial charge on any atom is 0.257 e. The third kappa shape index (κ3) is 2.97. The Morgan fingerprint density at radius 3 is 2.79 bits per heavy atom. The molecule has 0 aromatic carbocycles. The second kappa shape index (κ2) is 6.10. The van der Waals surface area contributed by atoms with E-state index in [-0.39, 0.29) is 6.61 Å². The first-order valence-electron chi connectivity index (χ1n) is 6.08. The lowest BCUT2D eigenvalue weighted by atomic mass is 10.5. The predicted molar refractivity (Wildman–Crippen MR) is 71.5 cm³/mol. The number of hydrogen-bond donors (Lipinski definition) is 2. The van der Waals surface area contributed by atoms with Gasteiger partial charge in [0.2, 0.25) is 11.9 Å². The van der Waals surface area contributed by atoms with Crippen LogP contribution in [0.4, 0.5) is 11.9 Å². The van der Waals surface area contributed by atoms with Crippen LogP contribution >= 0.6 is 0 Å². The highest BCUT2D eigenvalue weighted by Gasteiger charge is 2.12. The van der Waals surface area contributed by atoms with Crippen LogP contribution in [0.15, 0.2) is 18.5 Å². The molecule has 0 spiro atoms. The van der Waals surface area contributed by atoms with E-state index in [1.165, 1.54) is 0 Å². The number of aliphatic hydroxyl groups is 1. The summed E-state index contributed by atoms with van der Waals surface area (Å²) >= 11 is 0. The van der Waals surface area contributed by atoms with Crippen molar-refractivity contribution in [2.24, 2.45) is 0 Å². The summed E-state index contributed by atoms with van der Waals surface area (Å²) in [5, 5.41) is 16.1. The molecule has 8 nitrogen and oxygen atoms in total. The minimum Gasteiger partial charge on any atom is -0.395 e. The quantitative estimate of drug-likeness (QED) is 0.753. The lowest BCUT2D eigenvalue weighted by Gasteiger charge is -2.20. The molecule has 0 fully saturated rings. The Hall–Kier alpha value is -2.22. The Kier molecular flexibility index (Phi) is 4.24. The van der Waals surface area contributed by atoms with Gasteiger partial charge >= 0.3 is 0 Å². The molecule has 2 heterocycles. The van der Waals surface area contributed by atoms with Crippen LogP contribution < -0.4 is 10.2 Å². The van der Waals surface area contributed by atoms with Crippen molar-refractivity contribution in [3.63, 3.8) is 0 Å². The van der Waals surface area contributed by atoms with Gasteiger partial charge < -0.3 is 15.3 Å². The van der Waals surface area contributed by atoms with Gasteiger partial charge in [0, 0.05) is 32.5 Å². The molecule has 0 saturated heterocycles. The molecule has 0 unspecified atom stereocenters. The van der Waals surface area contributed by atoms with E-state index in [0.29, 0.717) is 30.9 Å². The van der Waals surface area contributed by atoms with Crippen LogP contribution in [-0.2, 0) is 0 Å². The number of likely N-dealkylation sites (N-methyl/N-ethyl adjacent to an activating group) is 1. The van der Waals surface area contributed by atoms with Crippen LogP contribution in [-0.4, -0.2) is 56.6 Å². The van der Waals surface area contributed by atoms with Crippen LogP contribution in [0.5, 0.6) is 0 Å². The van der Waals surface area contributed by atoms with Crippen molar-refractivity contribution in [1.29, 1.82) is 0 Å². The topological polar surface area (TPSA) is 92.0 Å². The second-order valence-electron chi connectivity index (χ2n) is 3.76. The van der Waals surface area contributed by atoms with Gasteiger partial charge in [-0.05, 0) is 13.0 Å². The monoisotopic (exact) mass is 263 g/mol. The van der Waals surface area contributed by atoms with Gasteiger partial charge in [0.05, 0.1) is 6.61 Å². The van der Waals surface area contributed by atoms with Gasteiger partial charge in [-0.2, -0.15) is 20.1 Å². The lowest BCUT2D eigenvalue weighted by Crippen LogP contribution is -2.29. The van der Waals surface area contributed by atoms with Gasteiger partial charge in [-0.15, -0.1) is 0 Å². The number of aliphatic hydroxyl groups excluding tert-OH is 1. The van der Waals surface area contributed by atoms with Gasteiger partial charge in [0.1, 0.15) is 0 Å².